The number of anilines is 1. The highest BCUT2D eigenvalue weighted by Gasteiger charge is 2.22. The van der Waals surface area contributed by atoms with Gasteiger partial charge in [-0.3, -0.25) is 4.79 Å². The standard InChI is InChI=1S/C14H8Cl2N2O3/c15-9-5-10(16)13(20)11(12(9)19)14(21)18-8-3-1-7(6-17)2-4-8/h1-5,19-20H,(H,18,21). The van der Waals surface area contributed by atoms with Crippen LogP contribution in [0.5, 0.6) is 11.5 Å². The highest BCUT2D eigenvalue weighted by molar-refractivity contribution is 6.37. The van der Waals surface area contributed by atoms with Crippen LogP contribution in [0.3, 0.4) is 0 Å². The predicted octanol–water partition coefficient (Wildman–Crippen LogP) is 3.53. The molecule has 0 spiro atoms. The molecule has 0 aliphatic carbocycles. The fourth-order valence-electron chi connectivity index (χ4n) is 1.64. The maximum Gasteiger partial charge on any atom is 0.263 e. The molecule has 2 aromatic rings. The summed E-state index contributed by atoms with van der Waals surface area (Å²) in [4.78, 5) is 12.1. The zero-order valence-corrected chi connectivity index (χ0v) is 11.9. The zero-order chi connectivity index (χ0) is 15.6. The van der Waals surface area contributed by atoms with Gasteiger partial charge in [0.2, 0.25) is 0 Å². The lowest BCUT2D eigenvalue weighted by molar-refractivity contribution is 0.102. The molecule has 0 saturated carbocycles. The minimum atomic E-state index is -0.779. The first kappa shape index (κ1) is 15.0. The first-order valence-corrected chi connectivity index (χ1v) is 6.41. The van der Waals surface area contributed by atoms with Gasteiger partial charge in [-0.2, -0.15) is 5.26 Å². The summed E-state index contributed by atoms with van der Waals surface area (Å²) in [5.41, 5.74) is 0.398. The number of benzene rings is 2. The average molecular weight is 323 g/mol. The molecule has 2 aromatic carbocycles. The first-order chi connectivity index (χ1) is 9.93. The molecule has 5 nitrogen and oxygen atoms in total. The van der Waals surface area contributed by atoms with Crippen LogP contribution < -0.4 is 5.32 Å². The van der Waals surface area contributed by atoms with Gasteiger partial charge in [-0.25, -0.2) is 0 Å². The number of aromatic hydroxyl groups is 2. The van der Waals surface area contributed by atoms with Gasteiger partial charge in [0.15, 0.2) is 11.5 Å². The fraction of sp³-hybridized carbons (Fsp3) is 0. The van der Waals surface area contributed by atoms with E-state index in [9.17, 15) is 15.0 Å². The molecule has 0 fully saturated rings. The Kier molecular flexibility index (Phi) is 4.22. The Morgan fingerprint density at radius 3 is 2.10 bits per heavy atom. The second-order valence-corrected chi connectivity index (χ2v) is 4.87. The minimum Gasteiger partial charge on any atom is -0.505 e. The number of halogens is 2. The van der Waals surface area contributed by atoms with Crippen molar-refractivity contribution in [1.82, 2.24) is 0 Å². The third-order valence-corrected chi connectivity index (χ3v) is 3.25. The molecule has 1 amide bonds. The number of amides is 1. The van der Waals surface area contributed by atoms with Crippen LogP contribution in [0.25, 0.3) is 0 Å². The van der Waals surface area contributed by atoms with Gasteiger partial charge in [0.05, 0.1) is 21.7 Å². The number of nitrogens with zero attached hydrogens (tertiary/aromatic N) is 1. The summed E-state index contributed by atoms with van der Waals surface area (Å²) in [6.45, 7) is 0. The quantitative estimate of drug-likeness (QED) is 0.788. The molecule has 0 heterocycles. The van der Waals surface area contributed by atoms with Crippen molar-refractivity contribution in [3.05, 3.63) is 51.5 Å². The van der Waals surface area contributed by atoms with E-state index in [1.54, 1.807) is 0 Å². The average Bonchev–Trinajstić information content (AvgIpc) is 2.46. The molecule has 0 aliphatic rings. The van der Waals surface area contributed by atoms with Crippen LogP contribution >= 0.6 is 23.2 Å². The van der Waals surface area contributed by atoms with E-state index in [2.05, 4.69) is 5.32 Å². The van der Waals surface area contributed by atoms with Crippen LogP contribution in [0.1, 0.15) is 15.9 Å². The van der Waals surface area contributed by atoms with E-state index in [0.717, 1.165) is 6.07 Å². The van der Waals surface area contributed by atoms with E-state index in [1.807, 2.05) is 6.07 Å². The van der Waals surface area contributed by atoms with Crippen LogP contribution in [0.2, 0.25) is 10.0 Å². The van der Waals surface area contributed by atoms with Gasteiger partial charge >= 0.3 is 0 Å². The third-order valence-electron chi connectivity index (χ3n) is 2.68. The molecule has 3 N–H and O–H groups in total. The number of hydrogen-bond donors (Lipinski definition) is 3. The van der Waals surface area contributed by atoms with Crippen LogP contribution in [0, 0.1) is 11.3 Å². The number of nitrogens with one attached hydrogen (secondary N) is 1. The van der Waals surface area contributed by atoms with Crippen molar-refractivity contribution in [2.75, 3.05) is 5.32 Å². The van der Waals surface area contributed by atoms with Gasteiger partial charge in [0.25, 0.3) is 5.91 Å². The van der Waals surface area contributed by atoms with Gasteiger partial charge in [0.1, 0.15) is 5.56 Å². The van der Waals surface area contributed by atoms with E-state index in [0.29, 0.717) is 11.3 Å². The first-order valence-electron chi connectivity index (χ1n) is 5.65. The Balaban J connectivity index is 2.34. The Hall–Kier alpha value is -2.42. The highest BCUT2D eigenvalue weighted by Crippen LogP contribution is 2.39. The molecule has 21 heavy (non-hydrogen) atoms. The number of nitriles is 1. The molecule has 0 saturated heterocycles. The zero-order valence-electron chi connectivity index (χ0n) is 10.4. The van der Waals surface area contributed by atoms with Gasteiger partial charge < -0.3 is 15.5 Å². The molecule has 7 heteroatoms. The molecular formula is C14H8Cl2N2O3. The van der Waals surface area contributed by atoms with Crippen LogP contribution in [0.15, 0.2) is 30.3 Å². The normalized spacial score (nSPS) is 9.95. The third kappa shape index (κ3) is 3.02. The van der Waals surface area contributed by atoms with Crippen molar-refractivity contribution >= 4 is 34.8 Å². The molecule has 2 rings (SSSR count). The largest absolute Gasteiger partial charge is 0.505 e. The van der Waals surface area contributed by atoms with Crippen molar-refractivity contribution in [3.63, 3.8) is 0 Å². The molecule has 106 valence electrons. The Bertz CT molecular complexity index is 726. The summed E-state index contributed by atoms with van der Waals surface area (Å²) in [7, 11) is 0. The molecule has 0 atom stereocenters. The van der Waals surface area contributed by atoms with Gasteiger partial charge in [0, 0.05) is 5.69 Å². The van der Waals surface area contributed by atoms with E-state index < -0.39 is 23.0 Å². The number of hydrogen-bond acceptors (Lipinski definition) is 4. The van der Waals surface area contributed by atoms with Crippen LogP contribution in [0.4, 0.5) is 5.69 Å². The van der Waals surface area contributed by atoms with Crippen LogP contribution in [-0.4, -0.2) is 16.1 Å². The lowest BCUT2D eigenvalue weighted by Gasteiger charge is -2.11. The molecule has 0 aliphatic heterocycles. The summed E-state index contributed by atoms with van der Waals surface area (Å²) in [6, 6.07) is 9.13. The summed E-state index contributed by atoms with van der Waals surface area (Å²) >= 11 is 11.4. The van der Waals surface area contributed by atoms with E-state index in [1.165, 1.54) is 24.3 Å². The Morgan fingerprint density at radius 1 is 1.10 bits per heavy atom. The Labute approximate surface area is 130 Å². The lowest BCUT2D eigenvalue weighted by Crippen LogP contribution is -2.12. The number of phenols is 2. The van der Waals surface area contributed by atoms with Crippen molar-refractivity contribution in [3.8, 4) is 17.6 Å². The SMILES string of the molecule is N#Cc1ccc(NC(=O)c2c(O)c(Cl)cc(Cl)c2O)cc1. The maximum atomic E-state index is 12.1. The second-order valence-electron chi connectivity index (χ2n) is 4.06. The lowest BCUT2D eigenvalue weighted by atomic mass is 10.1. The summed E-state index contributed by atoms with van der Waals surface area (Å²) in [5.74, 6) is -1.91. The van der Waals surface area contributed by atoms with E-state index in [4.69, 9.17) is 28.5 Å². The van der Waals surface area contributed by atoms with E-state index in [-0.39, 0.29) is 10.0 Å². The smallest absolute Gasteiger partial charge is 0.263 e. The number of rotatable bonds is 2. The molecule has 0 aromatic heterocycles. The van der Waals surface area contributed by atoms with Crippen molar-refractivity contribution < 1.29 is 15.0 Å². The summed E-state index contributed by atoms with van der Waals surface area (Å²) in [6.07, 6.45) is 0. The van der Waals surface area contributed by atoms with Crippen LogP contribution in [-0.2, 0) is 0 Å². The molecule has 0 bridgehead atoms. The highest BCUT2D eigenvalue weighted by atomic mass is 35.5. The topological polar surface area (TPSA) is 93.4 Å². The molecule has 0 radical (unpaired) electrons. The summed E-state index contributed by atoms with van der Waals surface area (Å²) < 4.78 is 0. The van der Waals surface area contributed by atoms with Crippen molar-refractivity contribution in [2.45, 2.75) is 0 Å². The van der Waals surface area contributed by atoms with Gasteiger partial charge in [-0.1, -0.05) is 23.2 Å². The van der Waals surface area contributed by atoms with E-state index >= 15 is 0 Å². The molecule has 0 unspecified atom stereocenters. The fourth-order valence-corrected chi connectivity index (χ4v) is 2.10. The number of phenolic OH excluding ortho intramolecular Hbond substituents is 2. The number of carbonyl (C=O) groups is 1. The summed E-state index contributed by atoms with van der Waals surface area (Å²) in [5, 5.41) is 30.4. The van der Waals surface area contributed by atoms with Crippen molar-refractivity contribution in [2.24, 2.45) is 0 Å². The monoisotopic (exact) mass is 322 g/mol. The molecular weight excluding hydrogens is 315 g/mol. The maximum absolute atomic E-state index is 12.1. The number of carbonyl (C=O) groups excluding carboxylic acids is 1. The van der Waals surface area contributed by atoms with Gasteiger partial charge in [-0.05, 0) is 30.3 Å². The predicted molar refractivity (Wildman–Crippen MR) is 78.9 cm³/mol. The second kappa shape index (κ2) is 5.92. The van der Waals surface area contributed by atoms with Gasteiger partial charge in [-0.15, -0.1) is 0 Å². The van der Waals surface area contributed by atoms with Crippen molar-refractivity contribution in [1.29, 1.82) is 5.26 Å². The minimum absolute atomic E-state index is 0.150. The Morgan fingerprint density at radius 2 is 1.62 bits per heavy atom.